The Hall–Kier alpha value is -2.43. The van der Waals surface area contributed by atoms with Crippen molar-refractivity contribution in [1.29, 1.82) is 0 Å². The topological polar surface area (TPSA) is 56.3 Å². The molecular weight excluding hydrogens is 385 g/mol. The van der Waals surface area contributed by atoms with Crippen LogP contribution in [0.3, 0.4) is 0 Å². The van der Waals surface area contributed by atoms with Gasteiger partial charge in [0.1, 0.15) is 0 Å². The van der Waals surface area contributed by atoms with Crippen molar-refractivity contribution in [3.05, 3.63) is 74.9 Å². The number of pyridine rings is 1. The van der Waals surface area contributed by atoms with Gasteiger partial charge in [0.15, 0.2) is 6.61 Å². The van der Waals surface area contributed by atoms with Gasteiger partial charge < -0.3 is 4.74 Å². The summed E-state index contributed by atoms with van der Waals surface area (Å²) in [5.74, 6) is -0.884. The molecule has 0 spiro atoms. The van der Waals surface area contributed by atoms with Gasteiger partial charge in [0.25, 0.3) is 0 Å². The molecule has 136 valence electrons. The third-order valence-electron chi connectivity index (χ3n) is 4.69. The van der Waals surface area contributed by atoms with E-state index < -0.39 is 5.97 Å². The molecule has 27 heavy (non-hydrogen) atoms. The van der Waals surface area contributed by atoms with Gasteiger partial charge in [-0.2, -0.15) is 0 Å². The van der Waals surface area contributed by atoms with Crippen molar-refractivity contribution in [3.63, 3.8) is 0 Å². The number of benzene rings is 2. The van der Waals surface area contributed by atoms with Crippen LogP contribution in [0.15, 0.2) is 42.5 Å². The van der Waals surface area contributed by atoms with Gasteiger partial charge in [-0.05, 0) is 49.1 Å². The number of esters is 1. The molecule has 3 aromatic rings. The van der Waals surface area contributed by atoms with Crippen LogP contribution in [-0.4, -0.2) is 23.3 Å². The van der Waals surface area contributed by atoms with E-state index in [4.69, 9.17) is 27.9 Å². The molecule has 1 aliphatic rings. The summed E-state index contributed by atoms with van der Waals surface area (Å²) in [6.45, 7) is -0.383. The van der Waals surface area contributed by atoms with Gasteiger partial charge in [0, 0.05) is 21.7 Å². The number of ketones is 1. The molecule has 0 atom stereocenters. The normalized spacial score (nSPS) is 12.8. The number of hydrogen-bond donors (Lipinski definition) is 0. The summed E-state index contributed by atoms with van der Waals surface area (Å²) in [6, 6.07) is 12.1. The van der Waals surface area contributed by atoms with Gasteiger partial charge in [-0.1, -0.05) is 41.4 Å². The number of hydrogen-bond acceptors (Lipinski definition) is 4. The molecule has 0 aliphatic heterocycles. The predicted molar refractivity (Wildman–Crippen MR) is 105 cm³/mol. The first-order valence-corrected chi connectivity index (χ1v) is 9.36. The van der Waals surface area contributed by atoms with Crippen molar-refractivity contribution in [2.75, 3.05) is 6.61 Å². The smallest absolute Gasteiger partial charge is 0.339 e. The minimum absolute atomic E-state index is 0.235. The fraction of sp³-hybridized carbons (Fsp3) is 0.190. The summed E-state index contributed by atoms with van der Waals surface area (Å²) in [6.07, 6.45) is 2.59. The quantitative estimate of drug-likeness (QED) is 0.453. The SMILES string of the molecule is O=C(COC(=O)c1c2c(nc3ccccc13)CCC2)c1ccc(Cl)cc1Cl. The zero-order valence-electron chi connectivity index (χ0n) is 14.3. The van der Waals surface area contributed by atoms with Gasteiger partial charge in [0.05, 0.1) is 16.1 Å². The summed E-state index contributed by atoms with van der Waals surface area (Å²) in [4.78, 5) is 29.9. The summed E-state index contributed by atoms with van der Waals surface area (Å²) >= 11 is 11.9. The lowest BCUT2D eigenvalue weighted by atomic mass is 10.0. The van der Waals surface area contributed by atoms with Crippen LogP contribution < -0.4 is 0 Å². The van der Waals surface area contributed by atoms with E-state index in [1.807, 2.05) is 24.3 Å². The second-order valence-corrected chi connectivity index (χ2v) is 7.25. The number of ether oxygens (including phenoxy) is 1. The number of para-hydroxylation sites is 1. The first kappa shape index (κ1) is 18.0. The van der Waals surface area contributed by atoms with Crippen molar-refractivity contribution in [2.24, 2.45) is 0 Å². The third kappa shape index (κ3) is 3.43. The Balaban J connectivity index is 1.61. The lowest BCUT2D eigenvalue weighted by Crippen LogP contribution is -2.16. The summed E-state index contributed by atoms with van der Waals surface area (Å²) in [7, 11) is 0. The lowest BCUT2D eigenvalue weighted by Gasteiger charge is -2.12. The fourth-order valence-corrected chi connectivity index (χ4v) is 3.95. The highest BCUT2D eigenvalue weighted by molar-refractivity contribution is 6.36. The first-order chi connectivity index (χ1) is 13.0. The molecule has 0 saturated carbocycles. The van der Waals surface area contributed by atoms with E-state index in [1.165, 1.54) is 12.1 Å². The molecule has 0 fully saturated rings. The number of nitrogens with zero attached hydrogens (tertiary/aromatic N) is 1. The van der Waals surface area contributed by atoms with E-state index in [2.05, 4.69) is 4.98 Å². The van der Waals surface area contributed by atoms with Gasteiger partial charge in [-0.3, -0.25) is 9.78 Å². The van der Waals surface area contributed by atoms with E-state index in [0.717, 1.165) is 41.4 Å². The number of halogens is 2. The van der Waals surface area contributed by atoms with Crippen LogP contribution in [0.2, 0.25) is 10.0 Å². The highest BCUT2D eigenvalue weighted by atomic mass is 35.5. The number of carbonyl (C=O) groups is 2. The molecule has 0 saturated heterocycles. The fourth-order valence-electron chi connectivity index (χ4n) is 3.44. The molecule has 0 bridgehead atoms. The Labute approximate surface area is 166 Å². The van der Waals surface area contributed by atoms with Crippen molar-refractivity contribution < 1.29 is 14.3 Å². The van der Waals surface area contributed by atoms with E-state index in [-0.39, 0.29) is 23.0 Å². The second-order valence-electron chi connectivity index (χ2n) is 6.41. The molecule has 0 N–H and O–H groups in total. The van der Waals surface area contributed by atoms with Gasteiger partial charge in [0.2, 0.25) is 5.78 Å². The maximum absolute atomic E-state index is 12.8. The molecule has 2 aromatic carbocycles. The summed E-state index contributed by atoms with van der Waals surface area (Å²) in [5, 5.41) is 1.42. The van der Waals surface area contributed by atoms with Crippen molar-refractivity contribution >= 4 is 45.9 Å². The monoisotopic (exact) mass is 399 g/mol. The van der Waals surface area contributed by atoms with Crippen LogP contribution >= 0.6 is 23.2 Å². The Morgan fingerprint density at radius 2 is 1.89 bits per heavy atom. The Kier molecular flexibility index (Phi) is 4.85. The Bertz CT molecular complexity index is 1080. The summed E-state index contributed by atoms with van der Waals surface area (Å²) in [5.41, 5.74) is 3.42. The number of Topliss-reactive ketones (excluding diaryl/α,β-unsaturated/α-hetero) is 1. The van der Waals surface area contributed by atoms with Crippen molar-refractivity contribution in [1.82, 2.24) is 4.98 Å². The van der Waals surface area contributed by atoms with E-state index in [0.29, 0.717) is 10.6 Å². The molecular formula is C21H15Cl2NO3. The Morgan fingerprint density at radius 3 is 2.70 bits per heavy atom. The molecule has 0 amide bonds. The van der Waals surface area contributed by atoms with Crippen molar-refractivity contribution in [3.8, 4) is 0 Å². The van der Waals surface area contributed by atoms with Crippen LogP contribution in [0.25, 0.3) is 10.9 Å². The number of fused-ring (bicyclic) bond motifs is 2. The van der Waals surface area contributed by atoms with Gasteiger partial charge in [-0.25, -0.2) is 4.79 Å². The summed E-state index contributed by atoms with van der Waals surface area (Å²) < 4.78 is 5.36. The zero-order valence-corrected chi connectivity index (χ0v) is 15.8. The van der Waals surface area contributed by atoms with Crippen molar-refractivity contribution in [2.45, 2.75) is 19.3 Å². The molecule has 0 unspecified atom stereocenters. The molecule has 1 heterocycles. The number of rotatable bonds is 4. The average Bonchev–Trinajstić information content (AvgIpc) is 3.11. The predicted octanol–water partition coefficient (Wildman–Crippen LogP) is 5.07. The molecule has 1 aliphatic carbocycles. The van der Waals surface area contributed by atoms with Crippen LogP contribution in [0, 0.1) is 0 Å². The zero-order chi connectivity index (χ0) is 19.0. The van der Waals surface area contributed by atoms with Crippen LogP contribution in [0.1, 0.15) is 38.4 Å². The minimum Gasteiger partial charge on any atom is -0.454 e. The van der Waals surface area contributed by atoms with Crippen LogP contribution in [0.4, 0.5) is 0 Å². The minimum atomic E-state index is -0.509. The molecule has 0 radical (unpaired) electrons. The van der Waals surface area contributed by atoms with Gasteiger partial charge >= 0.3 is 5.97 Å². The largest absolute Gasteiger partial charge is 0.454 e. The third-order valence-corrected chi connectivity index (χ3v) is 5.24. The highest BCUT2D eigenvalue weighted by Gasteiger charge is 2.25. The van der Waals surface area contributed by atoms with E-state index in [9.17, 15) is 9.59 Å². The lowest BCUT2D eigenvalue weighted by molar-refractivity contribution is 0.0475. The molecule has 1 aromatic heterocycles. The standard InChI is InChI=1S/C21H15Cl2NO3/c22-12-8-9-13(16(23)10-12)19(25)11-27-21(26)20-14-4-1-2-6-17(14)24-18-7-3-5-15(18)20/h1-2,4,6,8-10H,3,5,7,11H2. The van der Waals surface area contributed by atoms with E-state index in [1.54, 1.807) is 6.07 Å². The maximum atomic E-state index is 12.8. The maximum Gasteiger partial charge on any atom is 0.339 e. The Morgan fingerprint density at radius 1 is 1.07 bits per heavy atom. The molecule has 4 nitrogen and oxygen atoms in total. The van der Waals surface area contributed by atoms with Crippen LogP contribution in [-0.2, 0) is 17.6 Å². The van der Waals surface area contributed by atoms with Gasteiger partial charge in [-0.15, -0.1) is 0 Å². The second kappa shape index (κ2) is 7.29. The van der Waals surface area contributed by atoms with Crippen LogP contribution in [0.5, 0.6) is 0 Å². The number of carbonyl (C=O) groups excluding carboxylic acids is 2. The molecule has 4 rings (SSSR count). The number of aromatic nitrogens is 1. The highest BCUT2D eigenvalue weighted by Crippen LogP contribution is 2.30. The molecule has 6 heteroatoms. The van der Waals surface area contributed by atoms with E-state index >= 15 is 0 Å². The number of aryl methyl sites for hydroxylation is 1. The first-order valence-electron chi connectivity index (χ1n) is 8.60. The average molecular weight is 400 g/mol.